The van der Waals surface area contributed by atoms with Gasteiger partial charge < -0.3 is 15.0 Å². The van der Waals surface area contributed by atoms with E-state index in [9.17, 15) is 18.0 Å². The highest BCUT2D eigenvalue weighted by molar-refractivity contribution is 6.30. The summed E-state index contributed by atoms with van der Waals surface area (Å²) in [6, 6.07) is 21.3. The third-order valence-electron chi connectivity index (χ3n) is 6.95. The van der Waals surface area contributed by atoms with Crippen LogP contribution in [0.25, 0.3) is 0 Å². The zero-order valence-electron chi connectivity index (χ0n) is 22.0. The van der Waals surface area contributed by atoms with E-state index in [1.54, 1.807) is 0 Å². The number of nitrogens with zero attached hydrogens (tertiary/aromatic N) is 2. The monoisotopic (exact) mass is 559 g/mol. The summed E-state index contributed by atoms with van der Waals surface area (Å²) in [4.78, 5) is 17.4. The van der Waals surface area contributed by atoms with Crippen LogP contribution < -0.4 is 15.0 Å². The number of alkyl halides is 3. The van der Waals surface area contributed by atoms with E-state index in [1.165, 1.54) is 17.8 Å². The molecule has 5 nitrogen and oxygen atoms in total. The van der Waals surface area contributed by atoms with Crippen LogP contribution in [0.5, 0.6) is 5.75 Å². The highest BCUT2D eigenvalue weighted by atomic mass is 35.5. The number of rotatable bonds is 10. The van der Waals surface area contributed by atoms with E-state index in [-0.39, 0.29) is 29.3 Å². The van der Waals surface area contributed by atoms with Gasteiger partial charge in [0.1, 0.15) is 5.75 Å². The van der Waals surface area contributed by atoms with Crippen LogP contribution in [-0.2, 0) is 0 Å². The van der Waals surface area contributed by atoms with Crippen LogP contribution in [-0.4, -0.2) is 49.9 Å². The number of anilines is 1. The highest BCUT2D eigenvalue weighted by Gasteiger charge is 2.32. The van der Waals surface area contributed by atoms with Crippen molar-refractivity contribution in [3.05, 3.63) is 94.5 Å². The summed E-state index contributed by atoms with van der Waals surface area (Å²) in [5.74, 6) is -0.692. The number of unbranched alkanes of at least 4 members (excludes halogenated alkanes) is 1. The van der Waals surface area contributed by atoms with Crippen molar-refractivity contribution in [3.8, 4) is 5.75 Å². The van der Waals surface area contributed by atoms with Gasteiger partial charge in [0.15, 0.2) is 0 Å². The zero-order chi connectivity index (χ0) is 28.0. The Morgan fingerprint density at radius 1 is 1.05 bits per heavy atom. The highest BCUT2D eigenvalue weighted by Crippen LogP contribution is 2.33. The SMILES string of the molecule is CCCCN(C)c1ccc(C(c2ccc(Cl)cc2)N2CC[C@@H](NC(=O)c3ccc(OC(F)(F)F)cc3)C2)cc1. The fraction of sp³-hybridized carbons (Fsp3) is 0.367. The number of hydrogen-bond acceptors (Lipinski definition) is 4. The maximum absolute atomic E-state index is 12.8. The first-order chi connectivity index (χ1) is 18.6. The lowest BCUT2D eigenvalue weighted by atomic mass is 9.97. The molecule has 9 heteroatoms. The molecule has 0 saturated carbocycles. The Morgan fingerprint density at radius 3 is 2.26 bits per heavy atom. The van der Waals surface area contributed by atoms with E-state index in [1.807, 2.05) is 24.3 Å². The van der Waals surface area contributed by atoms with E-state index < -0.39 is 6.36 Å². The van der Waals surface area contributed by atoms with Crippen LogP contribution in [0.3, 0.4) is 0 Å². The summed E-state index contributed by atoms with van der Waals surface area (Å²) in [6.07, 6.45) is -1.74. The molecule has 1 fully saturated rings. The maximum atomic E-state index is 12.8. The molecule has 0 aliphatic carbocycles. The lowest BCUT2D eigenvalue weighted by Crippen LogP contribution is -2.38. The van der Waals surface area contributed by atoms with Crippen molar-refractivity contribution < 1.29 is 22.7 Å². The second-order valence-electron chi connectivity index (χ2n) is 9.85. The van der Waals surface area contributed by atoms with E-state index >= 15 is 0 Å². The Hall–Kier alpha value is -3.23. The molecule has 39 heavy (non-hydrogen) atoms. The van der Waals surface area contributed by atoms with Crippen molar-refractivity contribution in [1.82, 2.24) is 10.2 Å². The van der Waals surface area contributed by atoms with Crippen LogP contribution in [0.15, 0.2) is 72.8 Å². The molecule has 3 aromatic rings. The third kappa shape index (κ3) is 7.90. The number of amides is 1. The molecule has 1 aliphatic rings. The van der Waals surface area contributed by atoms with Gasteiger partial charge in [-0.3, -0.25) is 9.69 Å². The lowest BCUT2D eigenvalue weighted by molar-refractivity contribution is -0.274. The van der Waals surface area contributed by atoms with Gasteiger partial charge in [-0.25, -0.2) is 0 Å². The molecule has 0 radical (unpaired) electrons. The number of carbonyl (C=O) groups is 1. The van der Waals surface area contributed by atoms with Crippen LogP contribution >= 0.6 is 11.6 Å². The number of halogens is 4. The molecule has 0 spiro atoms. The molecule has 1 amide bonds. The zero-order valence-corrected chi connectivity index (χ0v) is 22.8. The first-order valence-corrected chi connectivity index (χ1v) is 13.5. The van der Waals surface area contributed by atoms with Crippen molar-refractivity contribution in [3.63, 3.8) is 0 Å². The van der Waals surface area contributed by atoms with Crippen molar-refractivity contribution in [1.29, 1.82) is 0 Å². The molecule has 208 valence electrons. The first-order valence-electron chi connectivity index (χ1n) is 13.1. The molecule has 3 aromatic carbocycles. The van der Waals surface area contributed by atoms with Gasteiger partial charge >= 0.3 is 6.36 Å². The number of likely N-dealkylation sites (tertiary alicyclic amines) is 1. The normalized spacial score (nSPS) is 16.6. The van der Waals surface area contributed by atoms with Crippen molar-refractivity contribution >= 4 is 23.2 Å². The number of ether oxygens (including phenoxy) is 1. The molecule has 0 bridgehead atoms. The third-order valence-corrected chi connectivity index (χ3v) is 7.20. The lowest BCUT2D eigenvalue weighted by Gasteiger charge is -2.29. The molecule has 1 N–H and O–H groups in total. The fourth-order valence-corrected chi connectivity index (χ4v) is 5.04. The second kappa shape index (κ2) is 12.7. The van der Waals surface area contributed by atoms with E-state index in [0.29, 0.717) is 11.6 Å². The van der Waals surface area contributed by atoms with Crippen molar-refractivity contribution in [2.45, 2.75) is 44.6 Å². The number of nitrogens with one attached hydrogen (secondary N) is 1. The quantitative estimate of drug-likeness (QED) is 0.289. The average Bonchev–Trinajstić information content (AvgIpc) is 3.36. The van der Waals surface area contributed by atoms with Gasteiger partial charge in [-0.1, -0.05) is 49.2 Å². The minimum atomic E-state index is -4.77. The Bertz CT molecular complexity index is 1220. The second-order valence-corrected chi connectivity index (χ2v) is 10.3. The predicted octanol–water partition coefficient (Wildman–Crippen LogP) is 7.07. The van der Waals surface area contributed by atoms with Crippen LogP contribution in [0.4, 0.5) is 18.9 Å². The van der Waals surface area contributed by atoms with Crippen molar-refractivity contribution in [2.75, 3.05) is 31.6 Å². The van der Waals surface area contributed by atoms with Gasteiger partial charge in [0, 0.05) is 49.0 Å². The fourth-order valence-electron chi connectivity index (χ4n) is 4.91. The van der Waals surface area contributed by atoms with E-state index in [4.69, 9.17) is 11.6 Å². The van der Waals surface area contributed by atoms with Crippen molar-refractivity contribution in [2.24, 2.45) is 0 Å². The summed E-state index contributed by atoms with van der Waals surface area (Å²) < 4.78 is 41.2. The maximum Gasteiger partial charge on any atom is 0.573 e. The van der Waals surface area contributed by atoms with Gasteiger partial charge in [-0.05, 0) is 72.5 Å². The van der Waals surface area contributed by atoms with Gasteiger partial charge in [-0.15, -0.1) is 13.2 Å². The molecule has 1 saturated heterocycles. The van der Waals surface area contributed by atoms with E-state index in [0.717, 1.165) is 55.6 Å². The Balaban J connectivity index is 1.46. The molecular formula is C30H33ClF3N3O2. The minimum absolute atomic E-state index is 0.0158. The summed E-state index contributed by atoms with van der Waals surface area (Å²) in [6.45, 7) is 4.59. The van der Waals surface area contributed by atoms with Crippen LogP contribution in [0.1, 0.15) is 53.7 Å². The van der Waals surface area contributed by atoms with Crippen LogP contribution in [0.2, 0.25) is 5.02 Å². The summed E-state index contributed by atoms with van der Waals surface area (Å²) in [7, 11) is 2.10. The largest absolute Gasteiger partial charge is 0.573 e. The number of benzene rings is 3. The van der Waals surface area contributed by atoms with Crippen LogP contribution in [0, 0.1) is 0 Å². The standard InChI is InChI=1S/C30H33ClF3N3O2/c1-3-4-18-36(2)26-13-7-22(8-14-26)28(21-5-11-24(31)12-6-21)37-19-17-25(20-37)35-29(38)23-9-15-27(16-10-23)39-30(32,33)34/h5-16,25,28H,3-4,17-20H2,1-2H3,(H,35,38)/t25-,28?/m1/s1. The Kier molecular flexibility index (Phi) is 9.40. The molecule has 1 heterocycles. The Labute approximate surface area is 232 Å². The number of hydrogen-bond donors (Lipinski definition) is 1. The average molecular weight is 560 g/mol. The topological polar surface area (TPSA) is 44.8 Å². The molecule has 0 aromatic heterocycles. The van der Waals surface area contributed by atoms with Gasteiger partial charge in [-0.2, -0.15) is 0 Å². The molecule has 4 rings (SSSR count). The summed E-state index contributed by atoms with van der Waals surface area (Å²) >= 11 is 6.17. The van der Waals surface area contributed by atoms with Gasteiger partial charge in [0.25, 0.3) is 5.91 Å². The predicted molar refractivity (Wildman–Crippen MR) is 148 cm³/mol. The van der Waals surface area contributed by atoms with E-state index in [2.05, 4.69) is 58.1 Å². The molecule has 2 atom stereocenters. The first kappa shape index (κ1) is 28.8. The number of carbonyl (C=O) groups excluding carboxylic acids is 1. The molecule has 1 aliphatic heterocycles. The summed E-state index contributed by atoms with van der Waals surface area (Å²) in [5, 5.41) is 3.70. The Morgan fingerprint density at radius 2 is 1.67 bits per heavy atom. The van der Waals surface area contributed by atoms with Gasteiger partial charge in [0.05, 0.1) is 6.04 Å². The minimum Gasteiger partial charge on any atom is -0.406 e. The molecule has 1 unspecified atom stereocenters. The smallest absolute Gasteiger partial charge is 0.406 e. The molecular weight excluding hydrogens is 527 g/mol. The van der Waals surface area contributed by atoms with Gasteiger partial charge in [0.2, 0.25) is 0 Å². The summed E-state index contributed by atoms with van der Waals surface area (Å²) in [5.41, 5.74) is 3.70.